The molecule has 0 aliphatic rings. The molecule has 0 fully saturated rings. The predicted octanol–water partition coefficient (Wildman–Crippen LogP) is 4.05. The van der Waals surface area contributed by atoms with E-state index in [1.54, 1.807) is 13.2 Å². The molecule has 162 valence electrons. The molecule has 0 aliphatic carbocycles. The largest absolute Gasteiger partial charge is 0.497 e. The Morgan fingerprint density at radius 3 is 2.38 bits per heavy atom. The van der Waals surface area contributed by atoms with Gasteiger partial charge in [-0.2, -0.15) is 4.98 Å². The van der Waals surface area contributed by atoms with Crippen LogP contribution < -0.4 is 10.5 Å². The number of primary amides is 1. The lowest BCUT2D eigenvalue weighted by atomic mass is 10.1. The van der Waals surface area contributed by atoms with E-state index in [1.165, 1.54) is 0 Å². The van der Waals surface area contributed by atoms with Crippen molar-refractivity contribution in [1.82, 2.24) is 15.0 Å². The zero-order valence-electron chi connectivity index (χ0n) is 17.8. The normalized spacial score (nSPS) is 10.9. The van der Waals surface area contributed by atoms with Gasteiger partial charge in [-0.25, -0.2) is 0 Å². The molecule has 7 heteroatoms. The number of hydrogen-bond acceptors (Lipinski definition) is 6. The summed E-state index contributed by atoms with van der Waals surface area (Å²) in [6, 6.07) is 25.0. The van der Waals surface area contributed by atoms with Crippen molar-refractivity contribution in [3.63, 3.8) is 0 Å². The van der Waals surface area contributed by atoms with Crippen molar-refractivity contribution in [1.29, 1.82) is 0 Å². The third-order valence-electron chi connectivity index (χ3n) is 5.04. The van der Waals surface area contributed by atoms with Crippen molar-refractivity contribution >= 4 is 5.91 Å². The monoisotopic (exact) mass is 428 g/mol. The van der Waals surface area contributed by atoms with Crippen LogP contribution in [0.15, 0.2) is 83.4 Å². The fourth-order valence-electron chi connectivity index (χ4n) is 3.46. The van der Waals surface area contributed by atoms with Gasteiger partial charge in [-0.3, -0.25) is 9.69 Å². The minimum atomic E-state index is -0.442. The summed E-state index contributed by atoms with van der Waals surface area (Å²) in [6.45, 7) is 1.73. The van der Waals surface area contributed by atoms with Gasteiger partial charge in [-0.1, -0.05) is 47.6 Å². The van der Waals surface area contributed by atoms with E-state index in [0.717, 1.165) is 22.4 Å². The number of methoxy groups -OCH3 is 1. The summed E-state index contributed by atoms with van der Waals surface area (Å²) in [4.78, 5) is 18.3. The van der Waals surface area contributed by atoms with E-state index in [9.17, 15) is 4.79 Å². The molecule has 2 N–H and O–H groups in total. The molecule has 0 unspecified atom stereocenters. The fourth-order valence-corrected chi connectivity index (χ4v) is 3.46. The highest BCUT2D eigenvalue weighted by atomic mass is 16.5. The Hall–Kier alpha value is -3.97. The third-order valence-corrected chi connectivity index (χ3v) is 5.04. The van der Waals surface area contributed by atoms with E-state index >= 15 is 0 Å². The molecule has 0 aliphatic heterocycles. The van der Waals surface area contributed by atoms with E-state index in [0.29, 0.717) is 36.9 Å². The van der Waals surface area contributed by atoms with E-state index in [-0.39, 0.29) is 0 Å². The fraction of sp³-hybridized carbons (Fsp3) is 0.160. The summed E-state index contributed by atoms with van der Waals surface area (Å²) < 4.78 is 10.7. The maximum absolute atomic E-state index is 11.6. The molecule has 0 bridgehead atoms. The molecule has 3 aromatic carbocycles. The second-order valence-corrected chi connectivity index (χ2v) is 7.44. The SMILES string of the molecule is COc1ccc(-c2noc(CN(Cc3ccccc3)Cc3cccc(C(N)=O)c3)n2)cc1. The molecule has 0 saturated carbocycles. The van der Waals surface area contributed by atoms with Crippen LogP contribution in [-0.4, -0.2) is 28.1 Å². The van der Waals surface area contributed by atoms with Crippen molar-refractivity contribution in [3.05, 3.63) is 101 Å². The van der Waals surface area contributed by atoms with Crippen LogP contribution in [0.25, 0.3) is 11.4 Å². The van der Waals surface area contributed by atoms with Crippen LogP contribution >= 0.6 is 0 Å². The highest BCUT2D eigenvalue weighted by molar-refractivity contribution is 5.92. The second kappa shape index (κ2) is 9.89. The van der Waals surface area contributed by atoms with Gasteiger partial charge in [0.15, 0.2) is 0 Å². The number of carbonyl (C=O) groups excluding carboxylic acids is 1. The molecule has 0 radical (unpaired) electrons. The standard InChI is InChI=1S/C25H24N4O3/c1-31-22-12-10-20(11-13-22)25-27-23(32-28-25)17-29(15-18-6-3-2-4-7-18)16-19-8-5-9-21(14-19)24(26)30/h2-14H,15-17H2,1H3,(H2,26,30). The van der Waals surface area contributed by atoms with Gasteiger partial charge in [0, 0.05) is 24.2 Å². The lowest BCUT2D eigenvalue weighted by Crippen LogP contribution is -2.23. The molecule has 1 heterocycles. The Morgan fingerprint density at radius 2 is 1.66 bits per heavy atom. The van der Waals surface area contributed by atoms with Crippen LogP contribution in [0.4, 0.5) is 0 Å². The number of nitrogens with two attached hydrogens (primary N) is 1. The first kappa shape index (κ1) is 21.3. The quantitative estimate of drug-likeness (QED) is 0.432. The Balaban J connectivity index is 1.54. The number of rotatable bonds is 9. The molecule has 0 atom stereocenters. The van der Waals surface area contributed by atoms with Crippen molar-refractivity contribution in [2.24, 2.45) is 5.73 Å². The Kier molecular flexibility index (Phi) is 6.57. The molecule has 1 amide bonds. The lowest BCUT2D eigenvalue weighted by molar-refractivity contribution is 0.1000. The number of carbonyl (C=O) groups is 1. The number of hydrogen-bond donors (Lipinski definition) is 1. The second-order valence-electron chi connectivity index (χ2n) is 7.44. The molecule has 7 nitrogen and oxygen atoms in total. The molecule has 0 saturated heterocycles. The lowest BCUT2D eigenvalue weighted by Gasteiger charge is -2.21. The first-order valence-electron chi connectivity index (χ1n) is 10.2. The molecule has 4 aromatic rings. The first-order chi connectivity index (χ1) is 15.6. The van der Waals surface area contributed by atoms with Crippen LogP contribution in [0.3, 0.4) is 0 Å². The summed E-state index contributed by atoms with van der Waals surface area (Å²) in [5, 5.41) is 4.13. The van der Waals surface area contributed by atoms with E-state index in [4.69, 9.17) is 15.0 Å². The molecular weight excluding hydrogens is 404 g/mol. The third kappa shape index (κ3) is 5.39. The first-order valence-corrected chi connectivity index (χ1v) is 10.2. The van der Waals surface area contributed by atoms with E-state index in [2.05, 4.69) is 27.2 Å². The number of amides is 1. The summed E-state index contributed by atoms with van der Waals surface area (Å²) in [7, 11) is 1.63. The number of benzene rings is 3. The van der Waals surface area contributed by atoms with E-state index in [1.807, 2.05) is 60.7 Å². The maximum Gasteiger partial charge on any atom is 0.248 e. The Labute approximate surface area is 186 Å². The topological polar surface area (TPSA) is 94.5 Å². The highest BCUT2D eigenvalue weighted by Crippen LogP contribution is 2.21. The van der Waals surface area contributed by atoms with Crippen LogP contribution in [0.1, 0.15) is 27.4 Å². The molecular formula is C25H24N4O3. The van der Waals surface area contributed by atoms with Gasteiger partial charge in [-0.05, 0) is 47.5 Å². The zero-order valence-corrected chi connectivity index (χ0v) is 17.8. The summed E-state index contributed by atoms with van der Waals surface area (Å²) in [6.07, 6.45) is 0. The number of ether oxygens (including phenoxy) is 1. The average Bonchev–Trinajstić information content (AvgIpc) is 3.28. The Morgan fingerprint density at radius 1 is 0.938 bits per heavy atom. The average molecular weight is 428 g/mol. The van der Waals surface area contributed by atoms with Crippen LogP contribution in [0.5, 0.6) is 5.75 Å². The van der Waals surface area contributed by atoms with Crippen molar-refractivity contribution in [2.45, 2.75) is 19.6 Å². The summed E-state index contributed by atoms with van der Waals surface area (Å²) >= 11 is 0. The van der Waals surface area contributed by atoms with Gasteiger partial charge >= 0.3 is 0 Å². The summed E-state index contributed by atoms with van der Waals surface area (Å²) in [5.41, 5.74) is 8.92. The number of aromatic nitrogens is 2. The van der Waals surface area contributed by atoms with Gasteiger partial charge in [0.1, 0.15) is 5.75 Å². The zero-order chi connectivity index (χ0) is 22.3. The van der Waals surface area contributed by atoms with E-state index < -0.39 is 5.91 Å². The summed E-state index contributed by atoms with van der Waals surface area (Å²) in [5.74, 6) is 1.36. The number of nitrogens with zero attached hydrogens (tertiary/aromatic N) is 3. The minimum absolute atomic E-state index is 0.442. The van der Waals surface area contributed by atoms with Crippen LogP contribution in [0.2, 0.25) is 0 Å². The predicted molar refractivity (Wildman–Crippen MR) is 121 cm³/mol. The Bertz CT molecular complexity index is 1170. The van der Waals surface area contributed by atoms with Crippen molar-refractivity contribution < 1.29 is 14.1 Å². The van der Waals surface area contributed by atoms with Crippen molar-refractivity contribution in [3.8, 4) is 17.1 Å². The van der Waals surface area contributed by atoms with Gasteiger partial charge < -0.3 is 15.0 Å². The molecule has 0 spiro atoms. The van der Waals surface area contributed by atoms with Gasteiger partial charge in [-0.15, -0.1) is 0 Å². The van der Waals surface area contributed by atoms with Crippen molar-refractivity contribution in [2.75, 3.05) is 7.11 Å². The smallest absolute Gasteiger partial charge is 0.248 e. The van der Waals surface area contributed by atoms with Gasteiger partial charge in [0.2, 0.25) is 17.6 Å². The molecule has 1 aromatic heterocycles. The minimum Gasteiger partial charge on any atom is -0.497 e. The van der Waals surface area contributed by atoms with Gasteiger partial charge in [0.05, 0.1) is 13.7 Å². The van der Waals surface area contributed by atoms with Crippen LogP contribution in [-0.2, 0) is 19.6 Å². The van der Waals surface area contributed by atoms with Gasteiger partial charge in [0.25, 0.3) is 0 Å². The highest BCUT2D eigenvalue weighted by Gasteiger charge is 2.15. The maximum atomic E-state index is 11.6. The molecule has 32 heavy (non-hydrogen) atoms. The molecule has 4 rings (SSSR count). The van der Waals surface area contributed by atoms with Crippen LogP contribution in [0, 0.1) is 0 Å².